The third-order valence-corrected chi connectivity index (χ3v) is 5.32. The van der Waals surface area contributed by atoms with Crippen molar-refractivity contribution >= 4 is 11.8 Å². The minimum absolute atomic E-state index is 0.00857. The molecule has 2 aliphatic carbocycles. The van der Waals surface area contributed by atoms with Gasteiger partial charge in [0.1, 0.15) is 5.41 Å². The van der Waals surface area contributed by atoms with Crippen LogP contribution >= 0.6 is 0 Å². The fourth-order valence-electron chi connectivity index (χ4n) is 3.71. The Balaban J connectivity index is 1.66. The molecule has 0 bridgehead atoms. The lowest BCUT2D eigenvalue weighted by Gasteiger charge is -2.29. The van der Waals surface area contributed by atoms with Crippen molar-refractivity contribution in [3.63, 3.8) is 0 Å². The summed E-state index contributed by atoms with van der Waals surface area (Å²) in [5.74, 6) is -3.64. The molecule has 1 aromatic carbocycles. The Kier molecular flexibility index (Phi) is 4.32. The van der Waals surface area contributed by atoms with Crippen molar-refractivity contribution < 1.29 is 18.4 Å². The standard InChI is InChI=1S/C18H22F2N2O2/c1-21-15(23)12-7-9-14(10-8-12)22-16(24)17(11-18(17,19)20)13-5-3-2-4-6-13/h2-6,12,14H,7-11H2,1H3,(H,21,23)(H,22,24). The van der Waals surface area contributed by atoms with Gasteiger partial charge in [0.15, 0.2) is 0 Å². The van der Waals surface area contributed by atoms with E-state index in [1.165, 1.54) is 0 Å². The molecule has 4 nitrogen and oxygen atoms in total. The van der Waals surface area contributed by atoms with Crippen LogP contribution in [-0.4, -0.2) is 30.8 Å². The highest BCUT2D eigenvalue weighted by atomic mass is 19.3. The molecule has 3 rings (SSSR count). The van der Waals surface area contributed by atoms with Crippen LogP contribution in [0.4, 0.5) is 8.78 Å². The largest absolute Gasteiger partial charge is 0.359 e. The Morgan fingerprint density at radius 2 is 1.67 bits per heavy atom. The SMILES string of the molecule is CNC(=O)C1CCC(NC(=O)C2(c3ccccc3)CC2(F)F)CC1. The highest BCUT2D eigenvalue weighted by molar-refractivity contribution is 5.93. The smallest absolute Gasteiger partial charge is 0.268 e. The van der Waals surface area contributed by atoms with Gasteiger partial charge in [-0.25, -0.2) is 8.78 Å². The van der Waals surface area contributed by atoms with Gasteiger partial charge in [-0.3, -0.25) is 9.59 Å². The first-order valence-corrected chi connectivity index (χ1v) is 8.36. The van der Waals surface area contributed by atoms with Crippen LogP contribution < -0.4 is 10.6 Å². The minimum atomic E-state index is -3.00. The van der Waals surface area contributed by atoms with Crippen molar-refractivity contribution in [2.24, 2.45) is 5.92 Å². The predicted octanol–water partition coefficient (Wildman–Crippen LogP) is 2.38. The summed E-state index contributed by atoms with van der Waals surface area (Å²) in [7, 11) is 1.61. The van der Waals surface area contributed by atoms with E-state index < -0.39 is 23.7 Å². The van der Waals surface area contributed by atoms with E-state index in [0.29, 0.717) is 31.2 Å². The van der Waals surface area contributed by atoms with Gasteiger partial charge in [-0.2, -0.15) is 0 Å². The fraction of sp³-hybridized carbons (Fsp3) is 0.556. The maximum atomic E-state index is 14.0. The second-order valence-corrected chi connectivity index (χ2v) is 6.79. The lowest BCUT2D eigenvalue weighted by Crippen LogP contribution is -2.46. The molecule has 2 saturated carbocycles. The molecule has 130 valence electrons. The lowest BCUT2D eigenvalue weighted by molar-refractivity contribution is -0.127. The first-order chi connectivity index (χ1) is 11.4. The molecule has 2 fully saturated rings. The van der Waals surface area contributed by atoms with E-state index in [4.69, 9.17) is 0 Å². The van der Waals surface area contributed by atoms with E-state index in [1.54, 1.807) is 37.4 Å². The normalized spacial score (nSPS) is 31.1. The Morgan fingerprint density at radius 3 is 2.17 bits per heavy atom. The van der Waals surface area contributed by atoms with Gasteiger partial charge in [-0.05, 0) is 31.2 Å². The Hall–Kier alpha value is -1.98. The van der Waals surface area contributed by atoms with E-state index >= 15 is 0 Å². The topological polar surface area (TPSA) is 58.2 Å². The van der Waals surface area contributed by atoms with E-state index in [1.807, 2.05) is 0 Å². The number of nitrogens with one attached hydrogen (secondary N) is 2. The average molecular weight is 336 g/mol. The molecule has 2 aliphatic rings. The second kappa shape index (κ2) is 6.15. The van der Waals surface area contributed by atoms with E-state index in [2.05, 4.69) is 10.6 Å². The molecule has 0 heterocycles. The van der Waals surface area contributed by atoms with Gasteiger partial charge in [0.05, 0.1) is 0 Å². The molecule has 0 saturated heterocycles. The summed E-state index contributed by atoms with van der Waals surface area (Å²) in [5, 5.41) is 5.43. The summed E-state index contributed by atoms with van der Waals surface area (Å²) in [6, 6.07) is 8.12. The molecule has 24 heavy (non-hydrogen) atoms. The number of alkyl halides is 2. The third kappa shape index (κ3) is 2.78. The van der Waals surface area contributed by atoms with E-state index in [9.17, 15) is 18.4 Å². The van der Waals surface area contributed by atoms with E-state index in [-0.39, 0.29) is 17.9 Å². The number of hydrogen-bond donors (Lipinski definition) is 2. The summed E-state index contributed by atoms with van der Waals surface area (Å²) < 4.78 is 28.1. The summed E-state index contributed by atoms with van der Waals surface area (Å²) in [5.41, 5.74) is -1.36. The summed E-state index contributed by atoms with van der Waals surface area (Å²) in [6.45, 7) is 0. The van der Waals surface area contributed by atoms with Gasteiger partial charge in [0.2, 0.25) is 11.8 Å². The maximum absolute atomic E-state index is 14.0. The highest BCUT2D eigenvalue weighted by Crippen LogP contribution is 2.61. The molecule has 1 unspecified atom stereocenters. The molecule has 0 radical (unpaired) electrons. The average Bonchev–Trinajstić information content (AvgIpc) is 3.19. The second-order valence-electron chi connectivity index (χ2n) is 6.79. The molecule has 1 aromatic rings. The van der Waals surface area contributed by atoms with Crippen LogP contribution in [0.1, 0.15) is 37.7 Å². The molecule has 2 amide bonds. The van der Waals surface area contributed by atoms with Gasteiger partial charge in [0, 0.05) is 25.4 Å². The zero-order valence-electron chi connectivity index (χ0n) is 13.6. The summed E-state index contributed by atoms with van der Waals surface area (Å²) in [6.07, 6.45) is 2.17. The van der Waals surface area contributed by atoms with Gasteiger partial charge >= 0.3 is 0 Å². The highest BCUT2D eigenvalue weighted by Gasteiger charge is 2.76. The van der Waals surface area contributed by atoms with Crippen LogP contribution in [0.3, 0.4) is 0 Å². The number of rotatable bonds is 4. The number of amides is 2. The summed E-state index contributed by atoms with van der Waals surface area (Å²) >= 11 is 0. The number of hydrogen-bond acceptors (Lipinski definition) is 2. The molecule has 2 N–H and O–H groups in total. The van der Waals surface area contributed by atoms with Crippen LogP contribution in [0.25, 0.3) is 0 Å². The van der Waals surface area contributed by atoms with Gasteiger partial charge in [-0.1, -0.05) is 30.3 Å². The predicted molar refractivity (Wildman–Crippen MR) is 85.6 cm³/mol. The quantitative estimate of drug-likeness (QED) is 0.887. The molecule has 6 heteroatoms. The molecule has 0 aliphatic heterocycles. The van der Waals surface area contributed by atoms with Crippen molar-refractivity contribution in [3.05, 3.63) is 35.9 Å². The van der Waals surface area contributed by atoms with Crippen LogP contribution in [0.5, 0.6) is 0 Å². The van der Waals surface area contributed by atoms with Crippen LogP contribution in [0, 0.1) is 5.92 Å². The van der Waals surface area contributed by atoms with Gasteiger partial charge in [0.25, 0.3) is 5.92 Å². The number of halogens is 2. The van der Waals surface area contributed by atoms with Crippen LogP contribution in [-0.2, 0) is 15.0 Å². The van der Waals surface area contributed by atoms with Gasteiger partial charge < -0.3 is 10.6 Å². The first kappa shape index (κ1) is 16.9. The number of benzene rings is 1. The van der Waals surface area contributed by atoms with Gasteiger partial charge in [-0.15, -0.1) is 0 Å². The van der Waals surface area contributed by atoms with Crippen molar-refractivity contribution in [1.29, 1.82) is 0 Å². The molecule has 0 spiro atoms. The Morgan fingerprint density at radius 1 is 1.08 bits per heavy atom. The Bertz CT molecular complexity index is 627. The first-order valence-electron chi connectivity index (χ1n) is 8.36. The van der Waals surface area contributed by atoms with E-state index in [0.717, 1.165) is 0 Å². The number of carbonyl (C=O) groups is 2. The number of carbonyl (C=O) groups excluding carboxylic acids is 2. The fourth-order valence-corrected chi connectivity index (χ4v) is 3.71. The van der Waals surface area contributed by atoms with Crippen LogP contribution in [0.15, 0.2) is 30.3 Å². The maximum Gasteiger partial charge on any atom is 0.268 e. The van der Waals surface area contributed by atoms with Crippen molar-refractivity contribution in [2.45, 2.75) is 49.5 Å². The lowest BCUT2D eigenvalue weighted by atomic mass is 9.84. The molecular formula is C18H22F2N2O2. The monoisotopic (exact) mass is 336 g/mol. The van der Waals surface area contributed by atoms with Crippen LogP contribution in [0.2, 0.25) is 0 Å². The summed E-state index contributed by atoms with van der Waals surface area (Å²) in [4.78, 5) is 24.3. The minimum Gasteiger partial charge on any atom is -0.359 e. The van der Waals surface area contributed by atoms with Crippen molar-refractivity contribution in [1.82, 2.24) is 10.6 Å². The van der Waals surface area contributed by atoms with Crippen molar-refractivity contribution in [3.8, 4) is 0 Å². The zero-order valence-corrected chi connectivity index (χ0v) is 13.6. The zero-order chi connectivity index (χ0) is 17.4. The van der Waals surface area contributed by atoms with Crippen molar-refractivity contribution in [2.75, 3.05) is 7.05 Å². The Labute approximate surface area is 140 Å². The third-order valence-electron chi connectivity index (χ3n) is 5.32. The molecule has 0 aromatic heterocycles. The molecular weight excluding hydrogens is 314 g/mol. The molecule has 1 atom stereocenters.